The lowest BCUT2D eigenvalue weighted by molar-refractivity contribution is -0.103. The van der Waals surface area contributed by atoms with E-state index in [1.54, 1.807) is 12.4 Å². The summed E-state index contributed by atoms with van der Waals surface area (Å²) in [6, 6.07) is 1.87. The van der Waals surface area contributed by atoms with E-state index in [-0.39, 0.29) is 6.10 Å². The minimum atomic E-state index is -0.691. The number of rotatable bonds is 3. The highest BCUT2D eigenvalue weighted by Gasteiger charge is 2.34. The molecule has 2 atom stereocenters. The van der Waals surface area contributed by atoms with Gasteiger partial charge in [-0.05, 0) is 24.5 Å². The van der Waals surface area contributed by atoms with Crippen molar-refractivity contribution in [2.75, 3.05) is 6.61 Å². The molecule has 0 aliphatic carbocycles. The molecule has 4 heteroatoms. The van der Waals surface area contributed by atoms with Gasteiger partial charge < -0.3 is 9.84 Å². The first-order valence-corrected chi connectivity index (χ1v) is 6.43. The molecule has 17 heavy (non-hydrogen) atoms. The number of nitrogens with zero attached hydrogens (tertiary/aromatic N) is 1. The molecule has 0 bridgehead atoms. The summed E-state index contributed by atoms with van der Waals surface area (Å²) in [6.45, 7) is 2.70. The summed E-state index contributed by atoms with van der Waals surface area (Å²) >= 11 is 6.07. The van der Waals surface area contributed by atoms with Gasteiger partial charge in [0.15, 0.2) is 0 Å². The van der Waals surface area contributed by atoms with Crippen LogP contribution in [0.15, 0.2) is 18.5 Å². The number of ether oxygens (including phenoxy) is 1. The van der Waals surface area contributed by atoms with Gasteiger partial charge in [0.25, 0.3) is 0 Å². The van der Waals surface area contributed by atoms with Crippen LogP contribution in [-0.2, 0) is 11.2 Å². The van der Waals surface area contributed by atoms with Crippen molar-refractivity contribution in [1.29, 1.82) is 0 Å². The van der Waals surface area contributed by atoms with Crippen molar-refractivity contribution >= 4 is 11.6 Å². The summed E-state index contributed by atoms with van der Waals surface area (Å²) in [7, 11) is 0. The zero-order chi connectivity index (χ0) is 12.3. The van der Waals surface area contributed by atoms with Crippen molar-refractivity contribution in [3.05, 3.63) is 29.0 Å². The van der Waals surface area contributed by atoms with E-state index >= 15 is 0 Å². The molecule has 1 fully saturated rings. The van der Waals surface area contributed by atoms with Gasteiger partial charge in [-0.15, -0.1) is 0 Å². The average molecular weight is 256 g/mol. The summed E-state index contributed by atoms with van der Waals surface area (Å²) < 4.78 is 5.59. The first-order chi connectivity index (χ1) is 8.13. The molecule has 0 spiro atoms. The Labute approximate surface area is 107 Å². The van der Waals surface area contributed by atoms with Gasteiger partial charge >= 0.3 is 0 Å². The Morgan fingerprint density at radius 3 is 3.18 bits per heavy atom. The summed E-state index contributed by atoms with van der Waals surface area (Å²) in [6.07, 6.45) is 6.36. The Bertz CT molecular complexity index is 385. The minimum absolute atomic E-state index is 0.161. The number of hydrogen-bond donors (Lipinski definition) is 1. The van der Waals surface area contributed by atoms with Crippen LogP contribution in [0.5, 0.6) is 0 Å². The van der Waals surface area contributed by atoms with Crippen molar-refractivity contribution in [2.24, 2.45) is 0 Å². The average Bonchev–Trinajstić information content (AvgIpc) is 2.32. The molecule has 0 aromatic carbocycles. The molecule has 3 nitrogen and oxygen atoms in total. The standard InChI is InChI=1S/C13H18ClNO2/c1-2-11-8-13(16,4-6-17-11)7-10-3-5-15-9-12(10)14/h3,5,9,11,16H,2,4,6-8H2,1H3. The molecule has 0 amide bonds. The Kier molecular flexibility index (Phi) is 4.02. The van der Waals surface area contributed by atoms with E-state index in [0.717, 1.165) is 12.0 Å². The van der Waals surface area contributed by atoms with Gasteiger partial charge in [0, 0.05) is 31.8 Å². The van der Waals surface area contributed by atoms with Crippen LogP contribution in [0.4, 0.5) is 0 Å². The number of hydrogen-bond acceptors (Lipinski definition) is 3. The normalized spacial score (nSPS) is 29.2. The summed E-state index contributed by atoms with van der Waals surface area (Å²) in [5.74, 6) is 0. The molecule has 1 aromatic heterocycles. The lowest BCUT2D eigenvalue weighted by Crippen LogP contribution is -2.42. The lowest BCUT2D eigenvalue weighted by atomic mass is 9.84. The maximum absolute atomic E-state index is 10.6. The van der Waals surface area contributed by atoms with Crippen LogP contribution in [0.2, 0.25) is 5.02 Å². The van der Waals surface area contributed by atoms with Crippen LogP contribution >= 0.6 is 11.6 Å². The van der Waals surface area contributed by atoms with Crippen LogP contribution in [0.25, 0.3) is 0 Å². The minimum Gasteiger partial charge on any atom is -0.389 e. The molecule has 2 unspecified atom stereocenters. The van der Waals surface area contributed by atoms with E-state index in [4.69, 9.17) is 16.3 Å². The molecule has 94 valence electrons. The van der Waals surface area contributed by atoms with Crippen LogP contribution in [0.1, 0.15) is 31.7 Å². The van der Waals surface area contributed by atoms with E-state index < -0.39 is 5.60 Å². The first-order valence-electron chi connectivity index (χ1n) is 6.05. The molecule has 2 heterocycles. The predicted molar refractivity (Wildman–Crippen MR) is 67.2 cm³/mol. The zero-order valence-corrected chi connectivity index (χ0v) is 10.8. The fourth-order valence-electron chi connectivity index (χ4n) is 2.32. The quantitative estimate of drug-likeness (QED) is 0.903. The second kappa shape index (κ2) is 5.34. The highest BCUT2D eigenvalue weighted by Crippen LogP contribution is 2.31. The van der Waals surface area contributed by atoms with Crippen LogP contribution in [0, 0.1) is 0 Å². The van der Waals surface area contributed by atoms with Gasteiger partial charge in [0.2, 0.25) is 0 Å². The Balaban J connectivity index is 2.09. The fourth-order valence-corrected chi connectivity index (χ4v) is 2.51. The van der Waals surface area contributed by atoms with E-state index in [0.29, 0.717) is 30.9 Å². The topological polar surface area (TPSA) is 42.4 Å². The first kappa shape index (κ1) is 12.8. The maximum atomic E-state index is 10.6. The van der Waals surface area contributed by atoms with Crippen molar-refractivity contribution < 1.29 is 9.84 Å². The maximum Gasteiger partial charge on any atom is 0.0735 e. The van der Waals surface area contributed by atoms with Crippen molar-refractivity contribution in [2.45, 2.75) is 44.3 Å². The number of aromatic nitrogens is 1. The summed E-state index contributed by atoms with van der Waals surface area (Å²) in [5, 5.41) is 11.2. The fraction of sp³-hybridized carbons (Fsp3) is 0.615. The Hall–Kier alpha value is -0.640. The second-order valence-electron chi connectivity index (χ2n) is 4.72. The molecule has 1 saturated heterocycles. The highest BCUT2D eigenvalue weighted by molar-refractivity contribution is 6.31. The zero-order valence-electron chi connectivity index (χ0n) is 10.0. The van der Waals surface area contributed by atoms with Gasteiger partial charge in [-0.1, -0.05) is 18.5 Å². The van der Waals surface area contributed by atoms with Gasteiger partial charge in [0.1, 0.15) is 0 Å². The highest BCUT2D eigenvalue weighted by atomic mass is 35.5. The monoisotopic (exact) mass is 255 g/mol. The molecule has 1 aliphatic heterocycles. The van der Waals surface area contributed by atoms with Crippen molar-refractivity contribution in [3.8, 4) is 0 Å². The number of aliphatic hydroxyl groups is 1. The molecular formula is C13H18ClNO2. The second-order valence-corrected chi connectivity index (χ2v) is 5.13. The largest absolute Gasteiger partial charge is 0.389 e. The Morgan fingerprint density at radius 2 is 2.47 bits per heavy atom. The smallest absolute Gasteiger partial charge is 0.0735 e. The molecule has 1 aliphatic rings. The van der Waals surface area contributed by atoms with Gasteiger partial charge in [0.05, 0.1) is 16.7 Å². The predicted octanol–water partition coefficient (Wildman–Crippen LogP) is 2.60. The molecule has 0 saturated carbocycles. The van der Waals surface area contributed by atoms with Crippen molar-refractivity contribution in [1.82, 2.24) is 4.98 Å². The van der Waals surface area contributed by atoms with E-state index in [1.165, 1.54) is 0 Å². The third kappa shape index (κ3) is 3.18. The lowest BCUT2D eigenvalue weighted by Gasteiger charge is -2.37. The summed E-state index contributed by atoms with van der Waals surface area (Å²) in [5.41, 5.74) is 0.269. The van der Waals surface area contributed by atoms with Crippen LogP contribution < -0.4 is 0 Å². The van der Waals surface area contributed by atoms with Gasteiger partial charge in [-0.25, -0.2) is 0 Å². The molecule has 1 N–H and O–H groups in total. The SMILES string of the molecule is CCC1CC(O)(Cc2ccncc2Cl)CCO1. The van der Waals surface area contributed by atoms with E-state index in [1.807, 2.05) is 6.07 Å². The summed E-state index contributed by atoms with van der Waals surface area (Å²) in [4.78, 5) is 3.95. The number of pyridine rings is 1. The molecular weight excluding hydrogens is 238 g/mol. The third-order valence-electron chi connectivity index (χ3n) is 3.36. The van der Waals surface area contributed by atoms with E-state index in [2.05, 4.69) is 11.9 Å². The molecule has 2 rings (SSSR count). The molecule has 1 aromatic rings. The van der Waals surface area contributed by atoms with Gasteiger partial charge in [-0.3, -0.25) is 4.98 Å². The van der Waals surface area contributed by atoms with Crippen LogP contribution in [0.3, 0.4) is 0 Å². The van der Waals surface area contributed by atoms with Crippen molar-refractivity contribution in [3.63, 3.8) is 0 Å². The third-order valence-corrected chi connectivity index (χ3v) is 3.70. The van der Waals surface area contributed by atoms with E-state index in [9.17, 15) is 5.11 Å². The molecule has 0 radical (unpaired) electrons. The number of halogens is 1. The Morgan fingerprint density at radius 1 is 1.65 bits per heavy atom. The van der Waals surface area contributed by atoms with Gasteiger partial charge in [-0.2, -0.15) is 0 Å². The van der Waals surface area contributed by atoms with Crippen LogP contribution in [-0.4, -0.2) is 28.4 Å².